The molecule has 0 aliphatic rings. The number of methoxy groups -OCH3 is 1. The molecule has 1 rings (SSSR count). The summed E-state index contributed by atoms with van der Waals surface area (Å²) in [6.45, 7) is 7.14. The highest BCUT2D eigenvalue weighted by Crippen LogP contribution is 2.23. The Labute approximate surface area is 106 Å². The molecule has 1 aromatic heterocycles. The molecule has 0 bridgehead atoms. The lowest BCUT2D eigenvalue weighted by Gasteiger charge is -2.04. The SMILES string of the molecule is COC(=O)c1sc(NCCCC(C)C)nc1C. The molecule has 0 atom stereocenters. The van der Waals surface area contributed by atoms with E-state index < -0.39 is 0 Å². The maximum Gasteiger partial charge on any atom is 0.350 e. The first kappa shape index (κ1) is 14.0. The number of carbonyl (C=O) groups is 1. The van der Waals surface area contributed by atoms with E-state index in [9.17, 15) is 4.79 Å². The number of anilines is 1. The quantitative estimate of drug-likeness (QED) is 0.627. The standard InChI is InChI=1S/C12H20N2O2S/c1-8(2)6-5-7-13-12-14-9(3)10(17-12)11(15)16-4/h8H,5-7H2,1-4H3,(H,13,14). The summed E-state index contributed by atoms with van der Waals surface area (Å²) in [5, 5.41) is 4.04. The summed E-state index contributed by atoms with van der Waals surface area (Å²) in [5.41, 5.74) is 0.730. The largest absolute Gasteiger partial charge is 0.465 e. The van der Waals surface area contributed by atoms with E-state index in [0.717, 1.165) is 29.7 Å². The molecule has 1 heterocycles. The zero-order valence-corrected chi connectivity index (χ0v) is 11.7. The number of aryl methyl sites for hydroxylation is 1. The van der Waals surface area contributed by atoms with E-state index >= 15 is 0 Å². The average molecular weight is 256 g/mol. The van der Waals surface area contributed by atoms with Crippen LogP contribution in [0.5, 0.6) is 0 Å². The molecule has 0 aromatic carbocycles. The van der Waals surface area contributed by atoms with Crippen LogP contribution in [0.15, 0.2) is 0 Å². The molecule has 17 heavy (non-hydrogen) atoms. The number of hydrogen-bond donors (Lipinski definition) is 1. The average Bonchev–Trinajstić information content (AvgIpc) is 2.65. The van der Waals surface area contributed by atoms with Crippen LogP contribution in [0.1, 0.15) is 42.1 Å². The minimum atomic E-state index is -0.310. The van der Waals surface area contributed by atoms with Gasteiger partial charge in [0.1, 0.15) is 4.88 Å². The van der Waals surface area contributed by atoms with Gasteiger partial charge in [-0.3, -0.25) is 0 Å². The smallest absolute Gasteiger partial charge is 0.350 e. The van der Waals surface area contributed by atoms with E-state index in [0.29, 0.717) is 4.88 Å². The van der Waals surface area contributed by atoms with Crippen molar-refractivity contribution in [2.75, 3.05) is 19.0 Å². The second kappa shape index (κ2) is 6.59. The van der Waals surface area contributed by atoms with E-state index in [1.807, 2.05) is 6.92 Å². The summed E-state index contributed by atoms with van der Waals surface area (Å²) in [6, 6.07) is 0. The molecule has 5 heteroatoms. The van der Waals surface area contributed by atoms with Crippen LogP contribution >= 0.6 is 11.3 Å². The number of aromatic nitrogens is 1. The number of hydrogen-bond acceptors (Lipinski definition) is 5. The lowest BCUT2D eigenvalue weighted by atomic mass is 10.1. The Morgan fingerprint density at radius 1 is 1.53 bits per heavy atom. The van der Waals surface area contributed by atoms with Crippen LogP contribution in [-0.2, 0) is 4.74 Å². The Hall–Kier alpha value is -1.10. The Kier molecular flexibility index (Phi) is 5.41. The molecule has 0 aliphatic heterocycles. The molecule has 0 unspecified atom stereocenters. The first-order chi connectivity index (χ1) is 8.04. The fraction of sp³-hybridized carbons (Fsp3) is 0.667. The van der Waals surface area contributed by atoms with Crippen LogP contribution in [0.4, 0.5) is 5.13 Å². The van der Waals surface area contributed by atoms with Crippen LogP contribution in [-0.4, -0.2) is 24.6 Å². The van der Waals surface area contributed by atoms with E-state index in [1.54, 1.807) is 0 Å². The van der Waals surface area contributed by atoms with Crippen molar-refractivity contribution in [2.24, 2.45) is 5.92 Å². The van der Waals surface area contributed by atoms with Gasteiger partial charge in [-0.2, -0.15) is 0 Å². The molecule has 0 fully saturated rings. The van der Waals surface area contributed by atoms with Gasteiger partial charge in [-0.15, -0.1) is 0 Å². The van der Waals surface area contributed by atoms with Gasteiger partial charge >= 0.3 is 5.97 Å². The predicted octanol–water partition coefficient (Wildman–Crippen LogP) is 3.09. The van der Waals surface area contributed by atoms with Gasteiger partial charge in [0.15, 0.2) is 5.13 Å². The van der Waals surface area contributed by atoms with Crippen molar-refractivity contribution in [3.05, 3.63) is 10.6 Å². The van der Waals surface area contributed by atoms with Crippen molar-refractivity contribution in [1.82, 2.24) is 4.98 Å². The van der Waals surface area contributed by atoms with Gasteiger partial charge in [0.05, 0.1) is 12.8 Å². The highest BCUT2D eigenvalue weighted by atomic mass is 32.1. The van der Waals surface area contributed by atoms with Crippen molar-refractivity contribution < 1.29 is 9.53 Å². The number of ether oxygens (including phenoxy) is 1. The lowest BCUT2D eigenvalue weighted by molar-refractivity contribution is 0.0605. The molecule has 0 radical (unpaired) electrons. The molecule has 96 valence electrons. The fourth-order valence-corrected chi connectivity index (χ4v) is 2.37. The van der Waals surface area contributed by atoms with Crippen LogP contribution in [0.3, 0.4) is 0 Å². The number of thiazole rings is 1. The third kappa shape index (κ3) is 4.34. The van der Waals surface area contributed by atoms with Gasteiger partial charge < -0.3 is 10.1 Å². The predicted molar refractivity (Wildman–Crippen MR) is 70.8 cm³/mol. The first-order valence-corrected chi connectivity index (χ1v) is 6.65. The van der Waals surface area contributed by atoms with Gasteiger partial charge in [0.2, 0.25) is 0 Å². The van der Waals surface area contributed by atoms with Crippen LogP contribution in [0.25, 0.3) is 0 Å². The normalized spacial score (nSPS) is 10.6. The number of carbonyl (C=O) groups excluding carboxylic acids is 1. The minimum absolute atomic E-state index is 0.310. The number of nitrogens with zero attached hydrogens (tertiary/aromatic N) is 1. The Morgan fingerprint density at radius 2 is 2.24 bits per heavy atom. The van der Waals surface area contributed by atoms with E-state index in [2.05, 4.69) is 24.1 Å². The molecule has 0 aliphatic carbocycles. The third-order valence-electron chi connectivity index (χ3n) is 2.40. The minimum Gasteiger partial charge on any atom is -0.465 e. The lowest BCUT2D eigenvalue weighted by Crippen LogP contribution is -2.02. The van der Waals surface area contributed by atoms with Crippen molar-refractivity contribution in [2.45, 2.75) is 33.6 Å². The van der Waals surface area contributed by atoms with Crippen LogP contribution in [0.2, 0.25) is 0 Å². The molecule has 0 spiro atoms. The fourth-order valence-electron chi connectivity index (χ4n) is 1.46. The Bertz CT molecular complexity index is 375. The van der Waals surface area contributed by atoms with Gasteiger partial charge in [0, 0.05) is 6.54 Å². The highest BCUT2D eigenvalue weighted by Gasteiger charge is 2.15. The Morgan fingerprint density at radius 3 is 2.82 bits per heavy atom. The summed E-state index contributed by atoms with van der Waals surface area (Å²) < 4.78 is 4.69. The topological polar surface area (TPSA) is 51.2 Å². The van der Waals surface area contributed by atoms with Crippen molar-refractivity contribution in [1.29, 1.82) is 0 Å². The molecule has 1 N–H and O–H groups in total. The van der Waals surface area contributed by atoms with Crippen LogP contribution < -0.4 is 5.32 Å². The van der Waals surface area contributed by atoms with Crippen molar-refractivity contribution in [3.8, 4) is 0 Å². The molecule has 0 amide bonds. The molecular formula is C12H20N2O2S. The molecular weight excluding hydrogens is 236 g/mol. The molecule has 4 nitrogen and oxygen atoms in total. The molecule has 0 saturated carbocycles. The number of rotatable bonds is 6. The van der Waals surface area contributed by atoms with E-state index in [-0.39, 0.29) is 5.97 Å². The number of nitrogens with one attached hydrogen (secondary N) is 1. The van der Waals surface area contributed by atoms with E-state index in [1.165, 1.54) is 24.9 Å². The Balaban J connectivity index is 2.47. The maximum atomic E-state index is 11.4. The molecule has 1 aromatic rings. The summed E-state index contributed by atoms with van der Waals surface area (Å²) >= 11 is 1.35. The summed E-state index contributed by atoms with van der Waals surface area (Å²) in [7, 11) is 1.39. The maximum absolute atomic E-state index is 11.4. The monoisotopic (exact) mass is 256 g/mol. The van der Waals surface area contributed by atoms with Crippen molar-refractivity contribution >= 4 is 22.4 Å². The van der Waals surface area contributed by atoms with Crippen LogP contribution in [0, 0.1) is 12.8 Å². The van der Waals surface area contributed by atoms with Gasteiger partial charge in [-0.05, 0) is 25.7 Å². The second-order valence-electron chi connectivity index (χ2n) is 4.39. The number of esters is 1. The van der Waals surface area contributed by atoms with Gasteiger partial charge in [0.25, 0.3) is 0 Å². The second-order valence-corrected chi connectivity index (χ2v) is 5.39. The van der Waals surface area contributed by atoms with E-state index in [4.69, 9.17) is 4.74 Å². The zero-order chi connectivity index (χ0) is 12.8. The summed E-state index contributed by atoms with van der Waals surface area (Å²) in [6.07, 6.45) is 2.31. The summed E-state index contributed by atoms with van der Waals surface area (Å²) in [5.74, 6) is 0.413. The molecule has 0 saturated heterocycles. The zero-order valence-electron chi connectivity index (χ0n) is 10.9. The third-order valence-corrected chi connectivity index (χ3v) is 3.50. The first-order valence-electron chi connectivity index (χ1n) is 5.84. The van der Waals surface area contributed by atoms with Gasteiger partial charge in [-0.25, -0.2) is 9.78 Å². The highest BCUT2D eigenvalue weighted by molar-refractivity contribution is 7.17. The summed E-state index contributed by atoms with van der Waals surface area (Å²) in [4.78, 5) is 16.3. The van der Waals surface area contributed by atoms with Gasteiger partial charge in [-0.1, -0.05) is 25.2 Å². The van der Waals surface area contributed by atoms with Crippen molar-refractivity contribution in [3.63, 3.8) is 0 Å².